The van der Waals surface area contributed by atoms with Gasteiger partial charge < -0.3 is 11.1 Å². The second-order valence-electron chi connectivity index (χ2n) is 3.68. The number of nitrogens with two attached hydrogens (primary N) is 1. The molecule has 0 amide bonds. The predicted octanol–water partition coefficient (Wildman–Crippen LogP) is 2.08. The van der Waals surface area contributed by atoms with Crippen LogP contribution < -0.4 is 11.1 Å². The van der Waals surface area contributed by atoms with Crippen LogP contribution in [-0.4, -0.2) is 14.8 Å². The SMILES string of the molecule is Cn1cc(Nc2ccc(C(N)=S)c(F)c2F)cn1. The van der Waals surface area contributed by atoms with Crippen LogP contribution in [0.2, 0.25) is 0 Å². The molecule has 0 bridgehead atoms. The lowest BCUT2D eigenvalue weighted by atomic mass is 10.1. The monoisotopic (exact) mass is 268 g/mol. The number of halogens is 2. The summed E-state index contributed by atoms with van der Waals surface area (Å²) in [6.45, 7) is 0. The van der Waals surface area contributed by atoms with Crippen LogP contribution in [0.5, 0.6) is 0 Å². The van der Waals surface area contributed by atoms with Crippen molar-refractivity contribution in [3.05, 3.63) is 41.7 Å². The Hall–Kier alpha value is -2.02. The summed E-state index contributed by atoms with van der Waals surface area (Å²) in [4.78, 5) is -0.181. The number of anilines is 2. The van der Waals surface area contributed by atoms with Crippen LogP contribution >= 0.6 is 12.2 Å². The third-order valence-electron chi connectivity index (χ3n) is 2.33. The van der Waals surface area contributed by atoms with Gasteiger partial charge in [-0.1, -0.05) is 12.2 Å². The maximum Gasteiger partial charge on any atom is 0.182 e. The van der Waals surface area contributed by atoms with Gasteiger partial charge in [-0.2, -0.15) is 5.10 Å². The van der Waals surface area contributed by atoms with Gasteiger partial charge in [0.25, 0.3) is 0 Å². The molecule has 0 unspecified atom stereocenters. The minimum atomic E-state index is -1.06. The van der Waals surface area contributed by atoms with E-state index in [1.54, 1.807) is 17.9 Å². The molecular weight excluding hydrogens is 258 g/mol. The first-order valence-corrected chi connectivity index (χ1v) is 5.43. The molecule has 94 valence electrons. The Labute approximate surface area is 107 Å². The van der Waals surface area contributed by atoms with Crippen molar-refractivity contribution in [1.82, 2.24) is 9.78 Å². The topological polar surface area (TPSA) is 55.9 Å². The highest BCUT2D eigenvalue weighted by Gasteiger charge is 2.15. The molecule has 1 aromatic heterocycles. The molecule has 7 heteroatoms. The van der Waals surface area contributed by atoms with E-state index in [-0.39, 0.29) is 16.2 Å². The summed E-state index contributed by atoms with van der Waals surface area (Å²) >= 11 is 4.62. The number of nitrogens with zero attached hydrogens (tertiary/aromatic N) is 2. The van der Waals surface area contributed by atoms with Crippen LogP contribution in [0.25, 0.3) is 0 Å². The van der Waals surface area contributed by atoms with Crippen molar-refractivity contribution < 1.29 is 8.78 Å². The number of benzene rings is 1. The van der Waals surface area contributed by atoms with Gasteiger partial charge in [-0.25, -0.2) is 8.78 Å². The predicted molar refractivity (Wildman–Crippen MR) is 68.7 cm³/mol. The van der Waals surface area contributed by atoms with E-state index < -0.39 is 11.6 Å². The van der Waals surface area contributed by atoms with E-state index in [4.69, 9.17) is 5.73 Å². The fraction of sp³-hybridized carbons (Fsp3) is 0.0909. The van der Waals surface area contributed by atoms with E-state index in [1.165, 1.54) is 18.3 Å². The molecule has 0 aliphatic heterocycles. The Morgan fingerprint density at radius 1 is 1.39 bits per heavy atom. The quantitative estimate of drug-likeness (QED) is 0.837. The van der Waals surface area contributed by atoms with Gasteiger partial charge in [0, 0.05) is 18.8 Å². The molecule has 4 nitrogen and oxygen atoms in total. The van der Waals surface area contributed by atoms with Crippen LogP contribution in [-0.2, 0) is 7.05 Å². The molecule has 0 saturated heterocycles. The lowest BCUT2D eigenvalue weighted by molar-refractivity contribution is 0.510. The normalized spacial score (nSPS) is 10.4. The fourth-order valence-electron chi connectivity index (χ4n) is 1.48. The molecule has 1 aromatic carbocycles. The van der Waals surface area contributed by atoms with E-state index in [0.717, 1.165) is 0 Å². The minimum absolute atomic E-state index is 0.000463. The van der Waals surface area contributed by atoms with Gasteiger partial charge in [0.1, 0.15) is 4.99 Å². The maximum absolute atomic E-state index is 13.7. The lowest BCUT2D eigenvalue weighted by Crippen LogP contribution is -2.13. The number of aromatic nitrogens is 2. The summed E-state index contributed by atoms with van der Waals surface area (Å²) in [6, 6.07) is 2.71. The van der Waals surface area contributed by atoms with Crippen LogP contribution in [0.1, 0.15) is 5.56 Å². The number of rotatable bonds is 3. The van der Waals surface area contributed by atoms with Crippen LogP contribution in [0.15, 0.2) is 24.5 Å². The Morgan fingerprint density at radius 3 is 2.67 bits per heavy atom. The molecule has 2 aromatic rings. The lowest BCUT2D eigenvalue weighted by Gasteiger charge is -2.08. The summed E-state index contributed by atoms with van der Waals surface area (Å²) < 4.78 is 28.9. The summed E-state index contributed by atoms with van der Waals surface area (Å²) in [5.74, 6) is -2.08. The van der Waals surface area contributed by atoms with E-state index in [0.29, 0.717) is 5.69 Å². The molecule has 1 heterocycles. The largest absolute Gasteiger partial charge is 0.389 e. The standard InChI is InChI=1S/C11H10F2N4S/c1-17-5-6(4-15-17)16-8-3-2-7(11(14)18)9(12)10(8)13/h2-5,16H,1H3,(H2,14,18). The van der Waals surface area contributed by atoms with Gasteiger partial charge in [-0.05, 0) is 12.1 Å². The highest BCUT2D eigenvalue weighted by atomic mass is 32.1. The second kappa shape index (κ2) is 4.69. The third-order valence-corrected chi connectivity index (χ3v) is 2.55. The molecule has 3 N–H and O–H groups in total. The summed E-state index contributed by atoms with van der Waals surface area (Å²) in [6.07, 6.45) is 3.14. The van der Waals surface area contributed by atoms with E-state index in [1.807, 2.05) is 0 Å². The average molecular weight is 268 g/mol. The average Bonchev–Trinajstić information content (AvgIpc) is 2.70. The highest BCUT2D eigenvalue weighted by Crippen LogP contribution is 2.23. The van der Waals surface area contributed by atoms with Gasteiger partial charge in [-0.3, -0.25) is 4.68 Å². The van der Waals surface area contributed by atoms with Crippen molar-refractivity contribution in [2.75, 3.05) is 5.32 Å². The van der Waals surface area contributed by atoms with Gasteiger partial charge in [0.05, 0.1) is 17.6 Å². The first kappa shape index (κ1) is 12.4. The highest BCUT2D eigenvalue weighted by molar-refractivity contribution is 7.80. The molecule has 0 atom stereocenters. The zero-order chi connectivity index (χ0) is 13.3. The van der Waals surface area contributed by atoms with E-state index in [2.05, 4.69) is 22.6 Å². The van der Waals surface area contributed by atoms with Gasteiger partial charge in [-0.15, -0.1) is 0 Å². The Bertz CT molecular complexity index is 609. The zero-order valence-electron chi connectivity index (χ0n) is 9.45. The van der Waals surface area contributed by atoms with Crippen molar-refractivity contribution in [2.24, 2.45) is 12.8 Å². The van der Waals surface area contributed by atoms with Crippen molar-refractivity contribution in [1.29, 1.82) is 0 Å². The van der Waals surface area contributed by atoms with Gasteiger partial charge >= 0.3 is 0 Å². The van der Waals surface area contributed by atoms with Crippen molar-refractivity contribution >= 4 is 28.6 Å². The minimum Gasteiger partial charge on any atom is -0.389 e. The second-order valence-corrected chi connectivity index (χ2v) is 4.12. The first-order chi connectivity index (χ1) is 8.49. The Kier molecular flexibility index (Phi) is 3.24. The smallest absolute Gasteiger partial charge is 0.182 e. The van der Waals surface area contributed by atoms with Crippen LogP contribution in [0, 0.1) is 11.6 Å². The number of thiocarbonyl (C=S) groups is 1. The molecule has 0 saturated carbocycles. The number of hydrogen-bond donors (Lipinski definition) is 2. The maximum atomic E-state index is 13.7. The molecule has 2 rings (SSSR count). The summed E-state index contributed by atoms with van der Waals surface area (Å²) in [7, 11) is 1.72. The van der Waals surface area contributed by atoms with Gasteiger partial charge in [0.15, 0.2) is 11.6 Å². The summed E-state index contributed by atoms with van der Waals surface area (Å²) in [5.41, 5.74) is 5.72. The molecule has 0 radical (unpaired) electrons. The van der Waals surface area contributed by atoms with E-state index in [9.17, 15) is 8.78 Å². The Morgan fingerprint density at radius 2 is 2.11 bits per heavy atom. The summed E-state index contributed by atoms with van der Waals surface area (Å²) in [5, 5.41) is 6.63. The van der Waals surface area contributed by atoms with Crippen molar-refractivity contribution in [3.63, 3.8) is 0 Å². The van der Waals surface area contributed by atoms with Crippen molar-refractivity contribution in [3.8, 4) is 0 Å². The molecule has 18 heavy (non-hydrogen) atoms. The molecule has 0 fully saturated rings. The fourth-order valence-corrected chi connectivity index (χ4v) is 1.64. The number of hydrogen-bond acceptors (Lipinski definition) is 3. The third kappa shape index (κ3) is 2.30. The first-order valence-electron chi connectivity index (χ1n) is 5.02. The van der Waals surface area contributed by atoms with Crippen LogP contribution in [0.4, 0.5) is 20.2 Å². The number of aryl methyl sites for hydroxylation is 1. The van der Waals surface area contributed by atoms with Gasteiger partial charge in [0.2, 0.25) is 0 Å². The number of nitrogens with one attached hydrogen (secondary N) is 1. The van der Waals surface area contributed by atoms with Crippen molar-refractivity contribution in [2.45, 2.75) is 0 Å². The Balaban J connectivity index is 2.35. The zero-order valence-corrected chi connectivity index (χ0v) is 10.3. The molecule has 0 aliphatic carbocycles. The molecule has 0 spiro atoms. The van der Waals surface area contributed by atoms with Crippen LogP contribution in [0.3, 0.4) is 0 Å². The molecule has 0 aliphatic rings. The molecular formula is C11H10F2N4S. The van der Waals surface area contributed by atoms with E-state index >= 15 is 0 Å².